The molecule has 0 amide bonds. The molecule has 0 heteroatoms. The molecule has 2 aromatic carbocycles. The van der Waals surface area contributed by atoms with E-state index in [0.717, 1.165) is 5.92 Å². The summed E-state index contributed by atoms with van der Waals surface area (Å²) in [5.74, 6) is 0.884. The van der Waals surface area contributed by atoms with E-state index in [0.29, 0.717) is 0 Å². The van der Waals surface area contributed by atoms with Gasteiger partial charge in [0, 0.05) is 0 Å². The van der Waals surface area contributed by atoms with Crippen LogP contribution in [0.3, 0.4) is 0 Å². The summed E-state index contributed by atoms with van der Waals surface area (Å²) in [6.07, 6.45) is 2.56. The molecule has 0 unspecified atom stereocenters. The van der Waals surface area contributed by atoms with Crippen molar-refractivity contribution in [1.82, 2.24) is 0 Å². The molecule has 0 fully saturated rings. The first-order valence-corrected chi connectivity index (χ1v) is 8.09. The summed E-state index contributed by atoms with van der Waals surface area (Å²) in [6, 6.07) is 16.7. The smallest absolute Gasteiger partial charge is 0.0184 e. The second kappa shape index (κ2) is 22.0. The van der Waals surface area contributed by atoms with Crippen LogP contribution in [0, 0.1) is 5.92 Å². The summed E-state index contributed by atoms with van der Waals surface area (Å²) in [5.41, 5.74) is 0. The van der Waals surface area contributed by atoms with Crippen molar-refractivity contribution in [2.45, 2.75) is 76.2 Å². The lowest BCUT2D eigenvalue weighted by Gasteiger charge is -1.92. The number of fused-ring (bicyclic) bond motifs is 1. The van der Waals surface area contributed by atoms with Crippen molar-refractivity contribution in [3.8, 4) is 0 Å². The van der Waals surface area contributed by atoms with Crippen molar-refractivity contribution in [2.75, 3.05) is 0 Å². The van der Waals surface area contributed by atoms with Gasteiger partial charge in [0.2, 0.25) is 0 Å². The van der Waals surface area contributed by atoms with E-state index >= 15 is 0 Å². The molecule has 0 radical (unpaired) electrons. The zero-order valence-electron chi connectivity index (χ0n) is 14.6. The van der Waals surface area contributed by atoms with Gasteiger partial charge in [-0.25, -0.2) is 0 Å². The lowest BCUT2D eigenvalue weighted by molar-refractivity contribution is 0.626. The molecule has 0 bridgehead atoms. The van der Waals surface area contributed by atoms with Crippen molar-refractivity contribution in [3.05, 3.63) is 48.5 Å². The number of hydrogen-bond acceptors (Lipinski definition) is 0. The molecule has 0 aromatic heterocycles. The van der Waals surface area contributed by atoms with Gasteiger partial charge < -0.3 is 0 Å². The third-order valence-corrected chi connectivity index (χ3v) is 2.48. The monoisotopic (exact) mass is 306 g/mol. The lowest BCUT2D eigenvalue weighted by Crippen LogP contribution is -1.77. The fourth-order valence-electron chi connectivity index (χ4n) is 1.13. The summed E-state index contributed by atoms with van der Waals surface area (Å²) in [4.78, 5) is 0. The molecule has 130 valence electrons. The predicted octanol–water partition coefficient (Wildman–Crippen LogP) is 8.61. The molecular formula is C22H42. The largest absolute Gasteiger partial charge is 0.0776 e. The van der Waals surface area contributed by atoms with Crippen molar-refractivity contribution < 1.29 is 0 Å². The van der Waals surface area contributed by atoms with Gasteiger partial charge >= 0.3 is 0 Å². The standard InChI is InChI=1S/C10H8.C5H12.C3H8.C2H6.2CH4/c1-2-6-10-8-4-3-7-9(10)5-1;1-4-5(2)3;1-3-2;1-2;;/h1-8H;5H,4H2,1-3H3;3H2,1-2H3;1-2H3;2*1H4. The molecule has 0 saturated heterocycles. The molecule has 0 aliphatic carbocycles. The molecule has 0 aliphatic heterocycles. The number of hydrogen-bond donors (Lipinski definition) is 0. The molecule has 0 heterocycles. The zero-order valence-corrected chi connectivity index (χ0v) is 14.6. The van der Waals surface area contributed by atoms with Gasteiger partial charge in [-0.05, 0) is 16.7 Å². The maximum Gasteiger partial charge on any atom is -0.0184 e. The highest BCUT2D eigenvalue weighted by molar-refractivity contribution is 5.81. The van der Waals surface area contributed by atoms with E-state index in [4.69, 9.17) is 0 Å². The highest BCUT2D eigenvalue weighted by atomic mass is 13.9. The molecule has 0 N–H and O–H groups in total. The predicted molar refractivity (Wildman–Crippen MR) is 110 cm³/mol. The van der Waals surface area contributed by atoms with Crippen molar-refractivity contribution in [1.29, 1.82) is 0 Å². The minimum Gasteiger partial charge on any atom is -0.0776 e. The third kappa shape index (κ3) is 16.8. The number of rotatable bonds is 1. The average Bonchev–Trinajstić information content (AvgIpc) is 2.51. The van der Waals surface area contributed by atoms with Gasteiger partial charge in [-0.2, -0.15) is 0 Å². The Morgan fingerprint density at radius 1 is 0.682 bits per heavy atom. The molecule has 0 nitrogen and oxygen atoms in total. The van der Waals surface area contributed by atoms with Gasteiger partial charge in [-0.1, -0.05) is 125 Å². The van der Waals surface area contributed by atoms with E-state index in [1.54, 1.807) is 0 Å². The summed E-state index contributed by atoms with van der Waals surface area (Å²) in [6.45, 7) is 14.9. The average molecular weight is 307 g/mol. The van der Waals surface area contributed by atoms with E-state index in [1.165, 1.54) is 23.6 Å². The molecular weight excluding hydrogens is 264 g/mol. The van der Waals surface area contributed by atoms with Crippen LogP contribution in [0.1, 0.15) is 76.2 Å². The van der Waals surface area contributed by atoms with E-state index in [1.807, 2.05) is 13.8 Å². The van der Waals surface area contributed by atoms with Crippen LogP contribution in [0.5, 0.6) is 0 Å². The maximum absolute atomic E-state index is 2.22. The Labute approximate surface area is 142 Å². The summed E-state index contributed by atoms with van der Waals surface area (Å²) < 4.78 is 0. The highest BCUT2D eigenvalue weighted by Crippen LogP contribution is 2.11. The minimum atomic E-state index is 0. The van der Waals surface area contributed by atoms with E-state index in [2.05, 4.69) is 83.1 Å². The molecule has 0 atom stereocenters. The Kier molecular flexibility index (Phi) is 28.8. The van der Waals surface area contributed by atoms with Gasteiger partial charge in [-0.3, -0.25) is 0 Å². The fourth-order valence-corrected chi connectivity index (χ4v) is 1.13. The zero-order chi connectivity index (χ0) is 15.8. The summed E-state index contributed by atoms with van der Waals surface area (Å²) in [5, 5.41) is 2.62. The third-order valence-electron chi connectivity index (χ3n) is 2.48. The molecule has 0 saturated carbocycles. The maximum atomic E-state index is 2.22. The SMILES string of the molecule is C.C.CC.CCC.CCC(C)C.c1ccc2ccccc2c1. The normalized spacial score (nSPS) is 7.82. The second-order valence-corrected chi connectivity index (χ2v) is 4.86. The minimum absolute atomic E-state index is 0. The van der Waals surface area contributed by atoms with Crippen molar-refractivity contribution in [3.63, 3.8) is 0 Å². The van der Waals surface area contributed by atoms with Gasteiger partial charge in [-0.15, -0.1) is 0 Å². The van der Waals surface area contributed by atoms with Crippen LogP contribution in [0.25, 0.3) is 10.8 Å². The van der Waals surface area contributed by atoms with Crippen LogP contribution < -0.4 is 0 Å². The van der Waals surface area contributed by atoms with Crippen molar-refractivity contribution in [2.24, 2.45) is 5.92 Å². The Bertz CT molecular complexity index is 336. The van der Waals surface area contributed by atoms with E-state index in [-0.39, 0.29) is 14.9 Å². The highest BCUT2D eigenvalue weighted by Gasteiger charge is 1.85. The molecule has 22 heavy (non-hydrogen) atoms. The van der Waals surface area contributed by atoms with Gasteiger partial charge in [0.1, 0.15) is 0 Å². The van der Waals surface area contributed by atoms with Crippen LogP contribution in [0.4, 0.5) is 0 Å². The molecule has 0 aliphatic rings. The van der Waals surface area contributed by atoms with Gasteiger partial charge in [0.05, 0.1) is 0 Å². The quantitative estimate of drug-likeness (QED) is 0.494. The lowest BCUT2D eigenvalue weighted by atomic mass is 10.1. The number of benzene rings is 2. The molecule has 2 aromatic rings. The first-order valence-electron chi connectivity index (χ1n) is 8.09. The van der Waals surface area contributed by atoms with Crippen LogP contribution in [-0.2, 0) is 0 Å². The topological polar surface area (TPSA) is 0 Å². The van der Waals surface area contributed by atoms with Crippen LogP contribution in [-0.4, -0.2) is 0 Å². The fraction of sp³-hybridized carbons (Fsp3) is 0.545. The van der Waals surface area contributed by atoms with Crippen molar-refractivity contribution >= 4 is 10.8 Å². The molecule has 2 rings (SSSR count). The van der Waals surface area contributed by atoms with Crippen LogP contribution in [0.15, 0.2) is 48.5 Å². The first-order chi connectivity index (χ1) is 9.65. The Hall–Kier alpha value is -1.30. The van der Waals surface area contributed by atoms with Crippen LogP contribution >= 0.6 is 0 Å². The first kappa shape index (κ1) is 28.8. The summed E-state index contributed by atoms with van der Waals surface area (Å²) in [7, 11) is 0. The second-order valence-electron chi connectivity index (χ2n) is 4.86. The Balaban J connectivity index is -0.000000118. The summed E-state index contributed by atoms with van der Waals surface area (Å²) >= 11 is 0. The van der Waals surface area contributed by atoms with Crippen LogP contribution in [0.2, 0.25) is 0 Å². The van der Waals surface area contributed by atoms with E-state index in [9.17, 15) is 0 Å². The van der Waals surface area contributed by atoms with E-state index < -0.39 is 0 Å². The Morgan fingerprint density at radius 3 is 1.00 bits per heavy atom. The molecule has 0 spiro atoms. The van der Waals surface area contributed by atoms with Gasteiger partial charge in [0.25, 0.3) is 0 Å². The Morgan fingerprint density at radius 2 is 0.864 bits per heavy atom. The van der Waals surface area contributed by atoms with Gasteiger partial charge in [0.15, 0.2) is 0 Å².